The molecule has 0 saturated carbocycles. The zero-order valence-corrected chi connectivity index (χ0v) is 13.0. The molecule has 0 aliphatic heterocycles. The van der Waals surface area contributed by atoms with Crippen molar-refractivity contribution in [3.8, 4) is 0 Å². The van der Waals surface area contributed by atoms with Gasteiger partial charge < -0.3 is 10.4 Å². The summed E-state index contributed by atoms with van der Waals surface area (Å²) >= 11 is 1.75. The van der Waals surface area contributed by atoms with E-state index in [2.05, 4.69) is 44.9 Å². The van der Waals surface area contributed by atoms with E-state index in [0.717, 1.165) is 13.0 Å². The Hall–Kier alpha value is -0.450. The molecule has 4 heteroatoms. The first kappa shape index (κ1) is 15.6. The number of aliphatic hydroxyl groups excluding tert-OH is 1. The molecule has 1 aromatic rings. The van der Waals surface area contributed by atoms with Crippen LogP contribution in [0.3, 0.4) is 0 Å². The average molecular weight is 270 g/mol. The van der Waals surface area contributed by atoms with Gasteiger partial charge in [0, 0.05) is 29.6 Å². The van der Waals surface area contributed by atoms with Gasteiger partial charge in [0.15, 0.2) is 0 Å². The van der Waals surface area contributed by atoms with Gasteiger partial charge in [0.05, 0.1) is 11.1 Å². The highest BCUT2D eigenvalue weighted by atomic mass is 32.1. The highest BCUT2D eigenvalue weighted by Gasteiger charge is 2.17. The van der Waals surface area contributed by atoms with Crippen LogP contribution < -0.4 is 5.32 Å². The second-order valence-corrected chi connectivity index (χ2v) is 7.41. The summed E-state index contributed by atoms with van der Waals surface area (Å²) in [4.78, 5) is 5.68. The number of aromatic nitrogens is 1. The number of thiazole rings is 1. The highest BCUT2D eigenvalue weighted by molar-refractivity contribution is 7.11. The molecular formula is C14H26N2OS. The van der Waals surface area contributed by atoms with Crippen LogP contribution in [0.15, 0.2) is 6.20 Å². The van der Waals surface area contributed by atoms with Crippen LogP contribution in [0.25, 0.3) is 0 Å². The second-order valence-electron chi connectivity index (χ2n) is 6.30. The molecule has 1 rings (SSSR count). The van der Waals surface area contributed by atoms with Gasteiger partial charge in [-0.15, -0.1) is 11.3 Å². The van der Waals surface area contributed by atoms with Gasteiger partial charge >= 0.3 is 0 Å². The molecule has 3 nitrogen and oxygen atoms in total. The minimum Gasteiger partial charge on any atom is -0.392 e. The first-order chi connectivity index (χ1) is 8.29. The van der Waals surface area contributed by atoms with E-state index >= 15 is 0 Å². The van der Waals surface area contributed by atoms with Crippen molar-refractivity contribution in [2.75, 3.05) is 6.54 Å². The Balaban J connectivity index is 2.34. The predicted molar refractivity (Wildman–Crippen MR) is 78.0 cm³/mol. The third-order valence-corrected chi connectivity index (χ3v) is 4.04. The lowest BCUT2D eigenvalue weighted by Crippen LogP contribution is -2.27. The van der Waals surface area contributed by atoms with E-state index in [0.29, 0.717) is 12.5 Å². The molecule has 0 aliphatic carbocycles. The minimum atomic E-state index is -0.250. The number of hydrogen-bond donors (Lipinski definition) is 2. The van der Waals surface area contributed by atoms with Crippen molar-refractivity contribution in [2.45, 2.75) is 59.1 Å². The first-order valence-electron chi connectivity index (χ1n) is 6.63. The third kappa shape index (κ3) is 5.46. The fourth-order valence-corrected chi connectivity index (χ4v) is 2.67. The lowest BCUT2D eigenvalue weighted by molar-refractivity contribution is 0.146. The van der Waals surface area contributed by atoms with Crippen molar-refractivity contribution in [1.29, 1.82) is 0 Å². The normalized spacial score (nSPS) is 14.2. The Labute approximate surface area is 115 Å². The second kappa shape index (κ2) is 6.64. The van der Waals surface area contributed by atoms with Crippen molar-refractivity contribution in [3.63, 3.8) is 0 Å². The fraction of sp³-hybridized carbons (Fsp3) is 0.786. The zero-order chi connectivity index (χ0) is 13.8. The van der Waals surface area contributed by atoms with Crippen LogP contribution in [0.4, 0.5) is 0 Å². The van der Waals surface area contributed by atoms with Gasteiger partial charge in [-0.25, -0.2) is 4.98 Å². The molecule has 1 aromatic heterocycles. The van der Waals surface area contributed by atoms with Gasteiger partial charge in [0.2, 0.25) is 0 Å². The molecule has 0 radical (unpaired) electrons. The van der Waals surface area contributed by atoms with E-state index in [4.69, 9.17) is 0 Å². The lowest BCUT2D eigenvalue weighted by Gasteiger charge is -2.14. The predicted octanol–water partition coefficient (Wildman–Crippen LogP) is 2.94. The highest BCUT2D eigenvalue weighted by Crippen LogP contribution is 2.26. The molecule has 0 aromatic carbocycles. The maximum atomic E-state index is 9.76. The fourth-order valence-electron chi connectivity index (χ4n) is 1.73. The Morgan fingerprint density at radius 1 is 1.39 bits per heavy atom. The van der Waals surface area contributed by atoms with E-state index in [1.54, 1.807) is 11.3 Å². The Morgan fingerprint density at radius 2 is 2.06 bits per heavy atom. The summed E-state index contributed by atoms with van der Waals surface area (Å²) < 4.78 is 0. The maximum absolute atomic E-state index is 9.76. The van der Waals surface area contributed by atoms with Crippen molar-refractivity contribution in [2.24, 2.45) is 5.92 Å². The van der Waals surface area contributed by atoms with Crippen molar-refractivity contribution < 1.29 is 5.11 Å². The Kier molecular flexibility index (Phi) is 5.76. The van der Waals surface area contributed by atoms with E-state index in [-0.39, 0.29) is 11.5 Å². The summed E-state index contributed by atoms with van der Waals surface area (Å²) in [6.07, 6.45) is 2.54. The topological polar surface area (TPSA) is 45.1 Å². The van der Waals surface area contributed by atoms with Crippen LogP contribution in [-0.4, -0.2) is 22.7 Å². The van der Waals surface area contributed by atoms with Gasteiger partial charge in [0.1, 0.15) is 0 Å². The summed E-state index contributed by atoms with van der Waals surface area (Å²) in [6, 6.07) is 0. The minimum absolute atomic E-state index is 0.125. The molecule has 1 unspecified atom stereocenters. The molecular weight excluding hydrogens is 244 g/mol. The van der Waals surface area contributed by atoms with Gasteiger partial charge in [-0.05, 0) is 12.3 Å². The van der Waals surface area contributed by atoms with E-state index in [1.807, 2.05) is 6.20 Å². The molecule has 0 bridgehead atoms. The standard InChI is InChI=1S/C14H26N2OS/c1-10(2)6-11(17)7-15-8-12-9-16-13(18-12)14(3,4)5/h9-11,15,17H,6-8H2,1-5H3. The molecule has 0 amide bonds. The summed E-state index contributed by atoms with van der Waals surface area (Å²) in [6.45, 7) is 12.2. The lowest BCUT2D eigenvalue weighted by atomic mass is 9.98. The largest absolute Gasteiger partial charge is 0.392 e. The molecule has 0 fully saturated rings. The van der Waals surface area contributed by atoms with Gasteiger partial charge in [-0.2, -0.15) is 0 Å². The molecule has 0 saturated heterocycles. The van der Waals surface area contributed by atoms with Crippen LogP contribution in [-0.2, 0) is 12.0 Å². The smallest absolute Gasteiger partial charge is 0.0981 e. The number of nitrogens with zero attached hydrogens (tertiary/aromatic N) is 1. The van der Waals surface area contributed by atoms with Crippen LogP contribution >= 0.6 is 11.3 Å². The SMILES string of the molecule is CC(C)CC(O)CNCc1cnc(C(C)(C)C)s1. The van der Waals surface area contributed by atoms with Crippen molar-refractivity contribution in [3.05, 3.63) is 16.1 Å². The average Bonchev–Trinajstić information content (AvgIpc) is 2.64. The van der Waals surface area contributed by atoms with E-state index in [9.17, 15) is 5.11 Å². The van der Waals surface area contributed by atoms with Crippen LogP contribution in [0.1, 0.15) is 50.9 Å². The molecule has 0 spiro atoms. The molecule has 18 heavy (non-hydrogen) atoms. The van der Waals surface area contributed by atoms with Gasteiger partial charge in [-0.3, -0.25) is 0 Å². The number of hydrogen-bond acceptors (Lipinski definition) is 4. The summed E-state index contributed by atoms with van der Waals surface area (Å²) in [5.74, 6) is 0.540. The van der Waals surface area contributed by atoms with Crippen LogP contribution in [0.5, 0.6) is 0 Å². The molecule has 0 aliphatic rings. The molecule has 1 atom stereocenters. The summed E-state index contributed by atoms with van der Waals surface area (Å²) in [5, 5.41) is 14.2. The van der Waals surface area contributed by atoms with Crippen molar-refractivity contribution >= 4 is 11.3 Å². The quantitative estimate of drug-likeness (QED) is 0.835. The monoisotopic (exact) mass is 270 g/mol. The van der Waals surface area contributed by atoms with E-state index < -0.39 is 0 Å². The number of aliphatic hydroxyl groups is 1. The first-order valence-corrected chi connectivity index (χ1v) is 7.44. The van der Waals surface area contributed by atoms with E-state index in [1.165, 1.54) is 9.88 Å². The Morgan fingerprint density at radius 3 is 2.56 bits per heavy atom. The zero-order valence-electron chi connectivity index (χ0n) is 12.2. The van der Waals surface area contributed by atoms with Crippen molar-refractivity contribution in [1.82, 2.24) is 10.3 Å². The summed E-state index contributed by atoms with van der Waals surface area (Å²) in [5.41, 5.74) is 0.125. The number of rotatable bonds is 6. The van der Waals surface area contributed by atoms with Crippen LogP contribution in [0, 0.1) is 5.92 Å². The molecule has 2 N–H and O–H groups in total. The van der Waals surface area contributed by atoms with Gasteiger partial charge in [-0.1, -0.05) is 34.6 Å². The van der Waals surface area contributed by atoms with Crippen LogP contribution in [0.2, 0.25) is 0 Å². The Bertz CT molecular complexity index is 355. The molecule has 104 valence electrons. The maximum Gasteiger partial charge on any atom is 0.0981 e. The van der Waals surface area contributed by atoms with Gasteiger partial charge in [0.25, 0.3) is 0 Å². The number of nitrogens with one attached hydrogen (secondary N) is 1. The third-order valence-electron chi connectivity index (χ3n) is 2.62. The molecule has 1 heterocycles. The summed E-state index contributed by atoms with van der Waals surface area (Å²) in [7, 11) is 0.